The third-order valence-electron chi connectivity index (χ3n) is 5.36. The van der Waals surface area contributed by atoms with Gasteiger partial charge in [-0.2, -0.15) is 4.98 Å². The maximum atomic E-state index is 12.7. The summed E-state index contributed by atoms with van der Waals surface area (Å²) in [6.07, 6.45) is 2.05. The van der Waals surface area contributed by atoms with E-state index < -0.39 is 5.54 Å². The van der Waals surface area contributed by atoms with Crippen molar-refractivity contribution in [3.8, 4) is 40.6 Å². The molecular formula is C25H24N4O4. The molecule has 0 radical (unpaired) electrons. The monoisotopic (exact) mass is 444 g/mol. The first kappa shape index (κ1) is 21.0. The number of nitrogens with two attached hydrogens (primary N) is 1. The molecule has 4 heterocycles. The van der Waals surface area contributed by atoms with Crippen LogP contribution in [0, 0.1) is 11.8 Å². The molecule has 0 bridgehead atoms. The Hall–Kier alpha value is -3.83. The number of fused-ring (bicyclic) bond motifs is 4. The van der Waals surface area contributed by atoms with Gasteiger partial charge < -0.3 is 19.9 Å². The fraction of sp³-hybridized carbons (Fsp3) is 0.320. The van der Waals surface area contributed by atoms with Crippen LogP contribution < -0.4 is 25.6 Å². The smallest absolute Gasteiger partial charge is 0.351 e. The SMILES string of the molecule is CC(C)(N)C#Cc1ccc2c(c1)CCn1c-2cc(OCC2COc3ncccc3O2)nc1=O. The van der Waals surface area contributed by atoms with Crippen LogP contribution in [0.4, 0.5) is 0 Å². The third kappa shape index (κ3) is 4.54. The van der Waals surface area contributed by atoms with Gasteiger partial charge in [-0.25, -0.2) is 9.78 Å². The first-order chi connectivity index (χ1) is 15.9. The Bertz CT molecular complexity index is 1330. The second kappa shape index (κ2) is 8.26. The van der Waals surface area contributed by atoms with Gasteiger partial charge in [0.1, 0.15) is 13.2 Å². The molecule has 2 N–H and O–H groups in total. The van der Waals surface area contributed by atoms with E-state index in [0.717, 1.165) is 28.8 Å². The van der Waals surface area contributed by atoms with E-state index in [1.165, 1.54) is 0 Å². The highest BCUT2D eigenvalue weighted by Crippen LogP contribution is 2.31. The summed E-state index contributed by atoms with van der Waals surface area (Å²) in [5, 5.41) is 0. The van der Waals surface area contributed by atoms with E-state index in [1.54, 1.807) is 29.0 Å². The molecule has 33 heavy (non-hydrogen) atoms. The van der Waals surface area contributed by atoms with Crippen LogP contribution in [0.15, 0.2) is 47.4 Å². The minimum atomic E-state index is -0.556. The van der Waals surface area contributed by atoms with Crippen molar-refractivity contribution < 1.29 is 14.2 Å². The van der Waals surface area contributed by atoms with Crippen LogP contribution in [0.25, 0.3) is 11.3 Å². The van der Waals surface area contributed by atoms with Gasteiger partial charge in [-0.05, 0) is 50.1 Å². The average molecular weight is 444 g/mol. The highest BCUT2D eigenvalue weighted by molar-refractivity contribution is 5.68. The van der Waals surface area contributed by atoms with Gasteiger partial charge in [0.15, 0.2) is 11.9 Å². The van der Waals surface area contributed by atoms with Gasteiger partial charge in [-0.1, -0.05) is 17.9 Å². The van der Waals surface area contributed by atoms with Crippen molar-refractivity contribution in [2.75, 3.05) is 13.2 Å². The van der Waals surface area contributed by atoms with Crippen molar-refractivity contribution >= 4 is 0 Å². The topological polar surface area (TPSA) is 101 Å². The maximum Gasteiger partial charge on any atom is 0.351 e. The van der Waals surface area contributed by atoms with Gasteiger partial charge in [-0.15, -0.1) is 0 Å². The predicted molar refractivity (Wildman–Crippen MR) is 122 cm³/mol. The van der Waals surface area contributed by atoms with Crippen LogP contribution in [0.2, 0.25) is 0 Å². The molecule has 0 spiro atoms. The number of ether oxygens (including phenoxy) is 3. The van der Waals surface area contributed by atoms with E-state index >= 15 is 0 Å². The molecule has 1 unspecified atom stereocenters. The normalized spacial score (nSPS) is 16.2. The Morgan fingerprint density at radius 1 is 1.30 bits per heavy atom. The molecule has 1 aromatic carbocycles. The first-order valence-corrected chi connectivity index (χ1v) is 10.8. The largest absolute Gasteiger partial charge is 0.478 e. The number of benzene rings is 1. The fourth-order valence-electron chi connectivity index (χ4n) is 3.81. The van der Waals surface area contributed by atoms with Gasteiger partial charge in [0.2, 0.25) is 5.88 Å². The standard InChI is InChI=1S/C25H24N4O4/c1-25(2,26)9-7-16-5-6-19-17(12-16)8-11-29-20(19)13-22(28-24(29)30)31-14-18-15-32-23-21(33-18)4-3-10-27-23/h3-6,10,12-13,18H,8,11,14-15,26H2,1-2H3. The van der Waals surface area contributed by atoms with E-state index in [9.17, 15) is 4.79 Å². The average Bonchev–Trinajstić information content (AvgIpc) is 2.80. The maximum absolute atomic E-state index is 12.7. The van der Waals surface area contributed by atoms with Crippen LogP contribution in [0.1, 0.15) is 25.0 Å². The van der Waals surface area contributed by atoms with Crippen molar-refractivity contribution in [3.05, 3.63) is 64.2 Å². The van der Waals surface area contributed by atoms with Gasteiger partial charge in [-0.3, -0.25) is 4.57 Å². The van der Waals surface area contributed by atoms with E-state index in [2.05, 4.69) is 27.9 Å². The summed E-state index contributed by atoms with van der Waals surface area (Å²) in [5.41, 5.74) is 8.86. The minimum absolute atomic E-state index is 0.195. The highest BCUT2D eigenvalue weighted by atomic mass is 16.6. The predicted octanol–water partition coefficient (Wildman–Crippen LogP) is 2.17. The zero-order valence-electron chi connectivity index (χ0n) is 18.5. The Morgan fingerprint density at radius 2 is 2.18 bits per heavy atom. The molecule has 2 aliphatic rings. The number of aromatic nitrogens is 3. The quantitative estimate of drug-likeness (QED) is 0.618. The van der Waals surface area contributed by atoms with Gasteiger partial charge in [0, 0.05) is 29.9 Å². The van der Waals surface area contributed by atoms with Crippen LogP contribution in [-0.2, 0) is 13.0 Å². The summed E-state index contributed by atoms with van der Waals surface area (Å²) in [5.74, 6) is 7.48. The third-order valence-corrected chi connectivity index (χ3v) is 5.36. The van der Waals surface area contributed by atoms with Gasteiger partial charge in [0.05, 0.1) is 11.2 Å². The summed E-state index contributed by atoms with van der Waals surface area (Å²) in [7, 11) is 0. The number of aryl methyl sites for hydroxylation is 1. The molecular weight excluding hydrogens is 420 g/mol. The fourth-order valence-corrected chi connectivity index (χ4v) is 3.81. The first-order valence-electron chi connectivity index (χ1n) is 10.8. The van der Waals surface area contributed by atoms with E-state index in [0.29, 0.717) is 24.8 Å². The number of hydrogen-bond acceptors (Lipinski definition) is 7. The summed E-state index contributed by atoms with van der Waals surface area (Å²) in [4.78, 5) is 20.9. The molecule has 2 aromatic heterocycles. The molecule has 3 aromatic rings. The van der Waals surface area contributed by atoms with Crippen molar-refractivity contribution in [1.82, 2.24) is 14.5 Å². The lowest BCUT2D eigenvalue weighted by Crippen LogP contribution is -2.35. The van der Waals surface area contributed by atoms with Gasteiger partial charge >= 0.3 is 5.69 Å². The van der Waals surface area contributed by atoms with E-state index in [1.807, 2.05) is 26.0 Å². The zero-order valence-corrected chi connectivity index (χ0v) is 18.5. The van der Waals surface area contributed by atoms with Crippen LogP contribution in [0.5, 0.6) is 17.5 Å². The van der Waals surface area contributed by atoms with Crippen LogP contribution >= 0.6 is 0 Å². The molecule has 2 aliphatic heterocycles. The van der Waals surface area contributed by atoms with Crippen LogP contribution in [0.3, 0.4) is 0 Å². The summed E-state index contributed by atoms with van der Waals surface area (Å²) in [6.45, 7) is 4.79. The molecule has 1 atom stereocenters. The molecule has 8 heteroatoms. The second-order valence-electron chi connectivity index (χ2n) is 8.68. The molecule has 8 nitrogen and oxygen atoms in total. The lowest BCUT2D eigenvalue weighted by molar-refractivity contribution is 0.0486. The molecule has 0 aliphatic carbocycles. The number of nitrogens with zero attached hydrogens (tertiary/aromatic N) is 3. The van der Waals surface area contributed by atoms with Crippen molar-refractivity contribution in [2.24, 2.45) is 5.73 Å². The lowest BCUT2D eigenvalue weighted by atomic mass is 9.95. The van der Waals surface area contributed by atoms with Gasteiger partial charge in [0.25, 0.3) is 5.88 Å². The molecule has 168 valence electrons. The number of hydrogen-bond donors (Lipinski definition) is 1. The molecule has 0 saturated carbocycles. The number of rotatable bonds is 3. The van der Waals surface area contributed by atoms with Crippen molar-refractivity contribution in [3.63, 3.8) is 0 Å². The summed E-state index contributed by atoms with van der Waals surface area (Å²) in [6, 6.07) is 11.4. The molecule has 0 saturated heterocycles. The minimum Gasteiger partial charge on any atom is -0.478 e. The van der Waals surface area contributed by atoms with E-state index in [-0.39, 0.29) is 24.3 Å². The Labute approximate surface area is 191 Å². The van der Waals surface area contributed by atoms with E-state index in [4.69, 9.17) is 19.9 Å². The lowest BCUT2D eigenvalue weighted by Gasteiger charge is -2.25. The Balaban J connectivity index is 1.36. The number of pyridine rings is 1. The highest BCUT2D eigenvalue weighted by Gasteiger charge is 2.24. The summed E-state index contributed by atoms with van der Waals surface area (Å²) < 4.78 is 19.0. The summed E-state index contributed by atoms with van der Waals surface area (Å²) >= 11 is 0. The van der Waals surface area contributed by atoms with Crippen molar-refractivity contribution in [2.45, 2.75) is 38.5 Å². The van der Waals surface area contributed by atoms with Crippen LogP contribution in [-0.4, -0.2) is 39.4 Å². The zero-order chi connectivity index (χ0) is 23.0. The Kier molecular flexibility index (Phi) is 5.27. The molecule has 0 amide bonds. The second-order valence-corrected chi connectivity index (χ2v) is 8.68. The molecule has 5 rings (SSSR count). The molecule has 0 fully saturated rings. The van der Waals surface area contributed by atoms with Crippen molar-refractivity contribution in [1.29, 1.82) is 0 Å². The Morgan fingerprint density at radius 3 is 3.03 bits per heavy atom.